The molecule has 5 heteroatoms. The van der Waals surface area contributed by atoms with E-state index in [2.05, 4.69) is 10.3 Å². The van der Waals surface area contributed by atoms with Gasteiger partial charge >= 0.3 is 0 Å². The maximum absolute atomic E-state index is 12.4. The predicted molar refractivity (Wildman–Crippen MR) is 97.9 cm³/mol. The molecule has 1 amide bonds. The number of hydrogen-bond donors (Lipinski definition) is 1. The lowest BCUT2D eigenvalue weighted by atomic mass is 10.1. The maximum Gasteiger partial charge on any atom is 0.255 e. The van der Waals surface area contributed by atoms with Gasteiger partial charge in [-0.05, 0) is 50.2 Å². The lowest BCUT2D eigenvalue weighted by molar-refractivity contribution is -0.0614. The van der Waals surface area contributed by atoms with Gasteiger partial charge in [0.15, 0.2) is 6.29 Å². The highest BCUT2D eigenvalue weighted by atomic mass is 16.7. The van der Waals surface area contributed by atoms with Crippen molar-refractivity contribution in [1.82, 2.24) is 4.98 Å². The van der Waals surface area contributed by atoms with Gasteiger partial charge in [0.2, 0.25) is 0 Å². The second-order valence-electron chi connectivity index (χ2n) is 5.54. The molecule has 0 fully saturated rings. The number of amides is 1. The predicted octanol–water partition coefficient (Wildman–Crippen LogP) is 4.25. The van der Waals surface area contributed by atoms with Crippen LogP contribution >= 0.6 is 0 Å². The zero-order valence-corrected chi connectivity index (χ0v) is 14.2. The zero-order valence-electron chi connectivity index (χ0n) is 14.2. The van der Waals surface area contributed by atoms with Crippen molar-refractivity contribution >= 4 is 22.5 Å². The van der Waals surface area contributed by atoms with Crippen molar-refractivity contribution in [1.29, 1.82) is 0 Å². The third-order valence-electron chi connectivity index (χ3n) is 3.65. The standard InChI is InChI=1S/C20H20N2O3/c1-3-24-14(2)25-18-12-16-11-15(9-10-19(16)21-13-18)20(23)22-17-7-5-4-6-8-17/h4-14H,3H2,1-2H3,(H,22,23). The highest BCUT2D eigenvalue weighted by Gasteiger charge is 2.09. The van der Waals surface area contributed by atoms with Crippen molar-refractivity contribution in [2.75, 3.05) is 11.9 Å². The third-order valence-corrected chi connectivity index (χ3v) is 3.65. The summed E-state index contributed by atoms with van der Waals surface area (Å²) in [6.07, 6.45) is 1.30. The van der Waals surface area contributed by atoms with E-state index >= 15 is 0 Å². The van der Waals surface area contributed by atoms with Crippen LogP contribution in [0, 0.1) is 0 Å². The summed E-state index contributed by atoms with van der Waals surface area (Å²) in [5.41, 5.74) is 2.12. The Hall–Kier alpha value is -2.92. The number of pyridine rings is 1. The van der Waals surface area contributed by atoms with Crippen molar-refractivity contribution in [3.05, 3.63) is 66.4 Å². The van der Waals surface area contributed by atoms with E-state index in [0.717, 1.165) is 16.6 Å². The van der Waals surface area contributed by atoms with Crippen LogP contribution in [0.15, 0.2) is 60.8 Å². The lowest BCUT2D eigenvalue weighted by Gasteiger charge is -2.14. The number of carbonyl (C=O) groups is 1. The molecule has 3 rings (SSSR count). The van der Waals surface area contributed by atoms with Crippen LogP contribution in [-0.2, 0) is 4.74 Å². The monoisotopic (exact) mass is 336 g/mol. The molecule has 0 bridgehead atoms. The number of hydrogen-bond acceptors (Lipinski definition) is 4. The second-order valence-corrected chi connectivity index (χ2v) is 5.54. The summed E-state index contributed by atoms with van der Waals surface area (Å²) in [7, 11) is 0. The molecule has 3 aromatic rings. The number of para-hydroxylation sites is 1. The van der Waals surface area contributed by atoms with E-state index in [-0.39, 0.29) is 12.2 Å². The number of aromatic nitrogens is 1. The van der Waals surface area contributed by atoms with E-state index in [4.69, 9.17) is 9.47 Å². The average Bonchev–Trinajstić information content (AvgIpc) is 2.62. The Morgan fingerprint density at radius 1 is 1.16 bits per heavy atom. The van der Waals surface area contributed by atoms with E-state index < -0.39 is 0 Å². The fourth-order valence-corrected chi connectivity index (χ4v) is 2.50. The first-order chi connectivity index (χ1) is 12.2. The molecule has 5 nitrogen and oxygen atoms in total. The number of nitrogens with zero attached hydrogens (tertiary/aromatic N) is 1. The van der Waals surface area contributed by atoms with Crippen molar-refractivity contribution in [2.24, 2.45) is 0 Å². The van der Waals surface area contributed by atoms with Gasteiger partial charge < -0.3 is 14.8 Å². The summed E-state index contributed by atoms with van der Waals surface area (Å²) in [6.45, 7) is 4.32. The highest BCUT2D eigenvalue weighted by molar-refractivity contribution is 6.06. The fraction of sp³-hybridized carbons (Fsp3) is 0.200. The second kappa shape index (κ2) is 7.77. The summed E-state index contributed by atoms with van der Waals surface area (Å²) in [6, 6.07) is 16.6. The van der Waals surface area contributed by atoms with Gasteiger partial charge in [-0.1, -0.05) is 18.2 Å². The molecular weight excluding hydrogens is 316 g/mol. The number of carbonyl (C=O) groups excluding carboxylic acids is 1. The molecule has 0 aliphatic rings. The normalized spacial score (nSPS) is 11.9. The quantitative estimate of drug-likeness (QED) is 0.684. The van der Waals surface area contributed by atoms with Crippen LogP contribution in [0.4, 0.5) is 5.69 Å². The first-order valence-electron chi connectivity index (χ1n) is 8.20. The molecule has 2 aromatic carbocycles. The molecule has 1 aromatic heterocycles. The summed E-state index contributed by atoms with van der Waals surface area (Å²) in [5, 5.41) is 3.71. The first-order valence-corrected chi connectivity index (χ1v) is 8.20. The van der Waals surface area contributed by atoms with Gasteiger partial charge in [-0.3, -0.25) is 9.78 Å². The SMILES string of the molecule is CCOC(C)Oc1cnc2ccc(C(=O)Nc3ccccc3)cc2c1. The van der Waals surface area contributed by atoms with Crippen molar-refractivity contribution in [3.8, 4) is 5.75 Å². The minimum absolute atomic E-state index is 0.165. The molecule has 1 atom stereocenters. The van der Waals surface area contributed by atoms with E-state index in [0.29, 0.717) is 17.9 Å². The fourth-order valence-electron chi connectivity index (χ4n) is 2.50. The molecule has 1 unspecified atom stereocenters. The minimum atomic E-state index is -0.353. The van der Waals surface area contributed by atoms with Crippen LogP contribution in [0.1, 0.15) is 24.2 Å². The topological polar surface area (TPSA) is 60.5 Å². The Balaban J connectivity index is 1.81. The number of benzene rings is 2. The van der Waals surface area contributed by atoms with E-state index in [9.17, 15) is 4.79 Å². The Morgan fingerprint density at radius 2 is 1.96 bits per heavy atom. The van der Waals surface area contributed by atoms with Crippen LogP contribution in [0.3, 0.4) is 0 Å². The number of ether oxygens (including phenoxy) is 2. The molecule has 0 saturated heterocycles. The summed E-state index contributed by atoms with van der Waals surface area (Å²) >= 11 is 0. The van der Waals surface area contributed by atoms with Crippen molar-refractivity contribution < 1.29 is 14.3 Å². The summed E-state index contributed by atoms with van der Waals surface area (Å²) < 4.78 is 11.0. The minimum Gasteiger partial charge on any atom is -0.464 e. The maximum atomic E-state index is 12.4. The molecule has 0 spiro atoms. The van der Waals surface area contributed by atoms with Crippen molar-refractivity contribution in [3.63, 3.8) is 0 Å². The number of nitrogens with one attached hydrogen (secondary N) is 1. The van der Waals surface area contributed by atoms with Crippen molar-refractivity contribution in [2.45, 2.75) is 20.1 Å². The Kier molecular flexibility index (Phi) is 5.26. The molecule has 128 valence electrons. The Labute approximate surface area is 146 Å². The van der Waals surface area contributed by atoms with Gasteiger partial charge in [-0.2, -0.15) is 0 Å². The smallest absolute Gasteiger partial charge is 0.255 e. The van der Waals surface area contributed by atoms with Crippen LogP contribution in [0.2, 0.25) is 0 Å². The molecule has 0 aliphatic carbocycles. The number of anilines is 1. The van der Waals surface area contributed by atoms with E-state index in [1.54, 1.807) is 18.3 Å². The Morgan fingerprint density at radius 3 is 2.72 bits per heavy atom. The lowest BCUT2D eigenvalue weighted by Crippen LogP contribution is -2.16. The van der Waals surface area contributed by atoms with Gasteiger partial charge in [0, 0.05) is 23.2 Å². The Bertz CT molecular complexity index is 865. The molecule has 0 radical (unpaired) electrons. The summed E-state index contributed by atoms with van der Waals surface area (Å²) in [5.74, 6) is 0.441. The zero-order chi connectivity index (χ0) is 17.6. The van der Waals surface area contributed by atoms with Crippen LogP contribution < -0.4 is 10.1 Å². The van der Waals surface area contributed by atoms with Gasteiger partial charge in [0.25, 0.3) is 5.91 Å². The largest absolute Gasteiger partial charge is 0.464 e. The molecule has 0 aliphatic heterocycles. The molecule has 1 N–H and O–H groups in total. The average molecular weight is 336 g/mol. The number of fused-ring (bicyclic) bond motifs is 1. The van der Waals surface area contributed by atoms with Gasteiger partial charge in [0.1, 0.15) is 5.75 Å². The number of rotatable bonds is 6. The molecule has 1 heterocycles. The van der Waals surface area contributed by atoms with Crippen LogP contribution in [0.25, 0.3) is 10.9 Å². The third kappa shape index (κ3) is 4.33. The molecular formula is C20H20N2O3. The summed E-state index contributed by atoms with van der Waals surface area (Å²) in [4.78, 5) is 16.8. The highest BCUT2D eigenvalue weighted by Crippen LogP contribution is 2.21. The van der Waals surface area contributed by atoms with Gasteiger partial charge in [-0.15, -0.1) is 0 Å². The van der Waals surface area contributed by atoms with Gasteiger partial charge in [0.05, 0.1) is 11.7 Å². The first kappa shape index (κ1) is 16.9. The van der Waals surface area contributed by atoms with Gasteiger partial charge in [-0.25, -0.2) is 0 Å². The molecule has 0 saturated carbocycles. The molecule has 25 heavy (non-hydrogen) atoms. The van der Waals surface area contributed by atoms with Crippen LogP contribution in [0.5, 0.6) is 5.75 Å². The van der Waals surface area contributed by atoms with E-state index in [1.165, 1.54) is 0 Å². The van der Waals surface area contributed by atoms with E-state index in [1.807, 2.05) is 56.3 Å². The van der Waals surface area contributed by atoms with Crippen LogP contribution in [-0.4, -0.2) is 23.8 Å².